The average Bonchev–Trinajstić information content (AvgIpc) is 2.84. The van der Waals surface area contributed by atoms with E-state index in [-0.39, 0.29) is 5.91 Å². The van der Waals surface area contributed by atoms with Crippen molar-refractivity contribution in [3.63, 3.8) is 0 Å². The Balaban J connectivity index is 0.000000493. The normalized spacial score (nSPS) is 16.8. The number of aliphatic carboxylic acids is 2. The molecule has 0 aliphatic carbocycles. The van der Waals surface area contributed by atoms with E-state index in [0.29, 0.717) is 24.5 Å². The molecule has 36 heavy (non-hydrogen) atoms. The van der Waals surface area contributed by atoms with Crippen LogP contribution >= 0.6 is 11.8 Å². The molecule has 1 heterocycles. The van der Waals surface area contributed by atoms with E-state index in [1.807, 2.05) is 64.5 Å². The number of amides is 1. The van der Waals surface area contributed by atoms with Crippen LogP contribution in [-0.2, 0) is 19.1 Å². The van der Waals surface area contributed by atoms with Gasteiger partial charge in [0.25, 0.3) is 0 Å². The van der Waals surface area contributed by atoms with Crippen molar-refractivity contribution in [1.29, 1.82) is 0 Å². The number of methoxy groups -OCH3 is 1. The standard InChI is InChI=1S/C22H28N2O3S.C4H4O4/c1-22(21(25)24(4)18-9-6-7-10-20(18)28-22)17-15-16(26-5)11-12-19(17)27-14-8-13-23(2)3;5-3(6)1-2-4(7)8/h6-7,9-12,15H,8,13-14H2,1-5H3;1-2H,(H,5,6)(H,7,8)/b;2-1+. The van der Waals surface area contributed by atoms with E-state index in [0.717, 1.165) is 34.9 Å². The quantitative estimate of drug-likeness (QED) is 0.380. The van der Waals surface area contributed by atoms with Crippen LogP contribution in [0.5, 0.6) is 11.5 Å². The van der Waals surface area contributed by atoms with Gasteiger partial charge in [-0.2, -0.15) is 0 Å². The molecule has 1 amide bonds. The molecule has 2 N–H and O–H groups in total. The van der Waals surface area contributed by atoms with Crippen LogP contribution in [0.2, 0.25) is 0 Å². The van der Waals surface area contributed by atoms with Gasteiger partial charge < -0.3 is 29.5 Å². The summed E-state index contributed by atoms with van der Waals surface area (Å²) >= 11 is 1.57. The summed E-state index contributed by atoms with van der Waals surface area (Å²) in [6.45, 7) is 3.51. The highest BCUT2D eigenvalue weighted by Crippen LogP contribution is 2.52. The van der Waals surface area contributed by atoms with E-state index in [4.69, 9.17) is 19.7 Å². The maximum Gasteiger partial charge on any atom is 0.328 e. The van der Waals surface area contributed by atoms with Crippen LogP contribution in [-0.4, -0.2) is 74.4 Å². The van der Waals surface area contributed by atoms with Gasteiger partial charge in [0.2, 0.25) is 5.91 Å². The molecule has 194 valence electrons. The van der Waals surface area contributed by atoms with E-state index in [1.54, 1.807) is 23.8 Å². The molecule has 0 fully saturated rings. The summed E-state index contributed by atoms with van der Waals surface area (Å²) < 4.78 is 10.8. The zero-order chi connectivity index (χ0) is 26.9. The molecular formula is C26H32N2O7S. The third kappa shape index (κ3) is 7.50. The molecule has 2 aromatic rings. The molecule has 0 saturated heterocycles. The Kier molecular flexibility index (Phi) is 10.4. The number of carboxylic acids is 2. The molecule has 0 aromatic heterocycles. The van der Waals surface area contributed by atoms with Crippen LogP contribution in [0.1, 0.15) is 18.9 Å². The first-order valence-corrected chi connectivity index (χ1v) is 12.0. The average molecular weight is 517 g/mol. The fourth-order valence-electron chi connectivity index (χ4n) is 3.52. The van der Waals surface area contributed by atoms with Crippen molar-refractivity contribution >= 4 is 35.3 Å². The molecule has 2 aromatic carbocycles. The predicted molar refractivity (Wildman–Crippen MR) is 139 cm³/mol. The molecule has 1 aliphatic rings. The maximum absolute atomic E-state index is 13.4. The largest absolute Gasteiger partial charge is 0.497 e. The van der Waals surface area contributed by atoms with Gasteiger partial charge in [-0.15, -0.1) is 11.8 Å². The zero-order valence-electron chi connectivity index (χ0n) is 21.1. The number of para-hydroxylation sites is 1. The lowest BCUT2D eigenvalue weighted by Crippen LogP contribution is -2.44. The van der Waals surface area contributed by atoms with Gasteiger partial charge in [-0.3, -0.25) is 4.79 Å². The minimum Gasteiger partial charge on any atom is -0.497 e. The summed E-state index contributed by atoms with van der Waals surface area (Å²) in [5, 5.41) is 15.6. The Morgan fingerprint density at radius 1 is 1.11 bits per heavy atom. The lowest BCUT2D eigenvalue weighted by atomic mass is 9.96. The molecule has 9 nitrogen and oxygen atoms in total. The van der Waals surface area contributed by atoms with E-state index in [1.165, 1.54) is 0 Å². The van der Waals surface area contributed by atoms with Crippen LogP contribution in [0.4, 0.5) is 5.69 Å². The Labute approximate surface area is 215 Å². The monoisotopic (exact) mass is 516 g/mol. The highest BCUT2D eigenvalue weighted by molar-refractivity contribution is 8.01. The number of ether oxygens (including phenoxy) is 2. The number of carboxylic acid groups (broad SMARTS) is 2. The summed E-state index contributed by atoms with van der Waals surface area (Å²) in [7, 11) is 7.56. The van der Waals surface area contributed by atoms with Crippen molar-refractivity contribution in [2.45, 2.75) is 23.0 Å². The van der Waals surface area contributed by atoms with Crippen molar-refractivity contribution in [1.82, 2.24) is 4.90 Å². The van der Waals surface area contributed by atoms with Crippen molar-refractivity contribution in [3.8, 4) is 11.5 Å². The van der Waals surface area contributed by atoms with Crippen molar-refractivity contribution < 1.29 is 34.1 Å². The first-order valence-electron chi connectivity index (χ1n) is 11.2. The number of benzene rings is 2. The Bertz CT molecular complexity index is 1100. The summed E-state index contributed by atoms with van der Waals surface area (Å²) in [6.07, 6.45) is 2.03. The SMILES string of the molecule is COc1ccc(OCCCN(C)C)c(C2(C)Sc3ccccc3N(C)C2=O)c1.O=C(O)/C=C/C(=O)O. The molecule has 10 heteroatoms. The van der Waals surface area contributed by atoms with Gasteiger partial charge in [0.1, 0.15) is 16.2 Å². The third-order valence-corrected chi connectivity index (χ3v) is 6.70. The fourth-order valence-corrected chi connectivity index (χ4v) is 4.91. The molecule has 0 radical (unpaired) electrons. The van der Waals surface area contributed by atoms with Crippen LogP contribution < -0.4 is 14.4 Å². The highest BCUT2D eigenvalue weighted by Gasteiger charge is 2.45. The predicted octanol–water partition coefficient (Wildman–Crippen LogP) is 3.72. The van der Waals surface area contributed by atoms with Crippen molar-refractivity contribution in [2.75, 3.05) is 46.3 Å². The first-order chi connectivity index (χ1) is 17.0. The molecule has 3 rings (SSSR count). The van der Waals surface area contributed by atoms with Gasteiger partial charge in [0, 0.05) is 36.2 Å². The lowest BCUT2D eigenvalue weighted by molar-refractivity contribution is -0.134. The van der Waals surface area contributed by atoms with E-state index >= 15 is 0 Å². The molecule has 1 atom stereocenters. The van der Waals surface area contributed by atoms with E-state index < -0.39 is 16.7 Å². The summed E-state index contributed by atoms with van der Waals surface area (Å²) in [5.74, 6) is -1.04. The van der Waals surface area contributed by atoms with E-state index in [9.17, 15) is 14.4 Å². The second kappa shape index (κ2) is 13.0. The van der Waals surface area contributed by atoms with Crippen LogP contribution in [0, 0.1) is 0 Å². The topological polar surface area (TPSA) is 117 Å². The number of hydrogen-bond donors (Lipinski definition) is 2. The molecule has 0 spiro atoms. The minimum absolute atomic E-state index is 0.0302. The molecular weight excluding hydrogens is 484 g/mol. The minimum atomic E-state index is -1.26. The fraction of sp³-hybridized carbons (Fsp3) is 0.346. The first kappa shape index (κ1) is 28.7. The molecule has 1 unspecified atom stereocenters. The van der Waals surface area contributed by atoms with Crippen LogP contribution in [0.15, 0.2) is 59.5 Å². The highest BCUT2D eigenvalue weighted by atomic mass is 32.2. The van der Waals surface area contributed by atoms with Gasteiger partial charge in [-0.05, 0) is 57.8 Å². The van der Waals surface area contributed by atoms with Gasteiger partial charge in [0.05, 0.1) is 19.4 Å². The van der Waals surface area contributed by atoms with Crippen LogP contribution in [0.25, 0.3) is 0 Å². The second-order valence-corrected chi connectivity index (χ2v) is 9.80. The number of carbonyl (C=O) groups excluding carboxylic acids is 1. The van der Waals surface area contributed by atoms with Crippen molar-refractivity contribution in [3.05, 3.63) is 60.2 Å². The summed E-state index contributed by atoms with van der Waals surface area (Å²) in [4.78, 5) is 37.4. The van der Waals surface area contributed by atoms with Gasteiger partial charge in [-0.25, -0.2) is 9.59 Å². The number of hydrogen-bond acceptors (Lipinski definition) is 7. The number of carbonyl (C=O) groups is 3. The van der Waals surface area contributed by atoms with Gasteiger partial charge in [0.15, 0.2) is 0 Å². The smallest absolute Gasteiger partial charge is 0.328 e. The Morgan fingerprint density at radius 2 is 1.75 bits per heavy atom. The number of anilines is 1. The zero-order valence-corrected chi connectivity index (χ0v) is 21.9. The summed E-state index contributed by atoms with van der Waals surface area (Å²) in [6, 6.07) is 13.7. The Morgan fingerprint density at radius 3 is 2.33 bits per heavy atom. The number of rotatable bonds is 9. The summed E-state index contributed by atoms with van der Waals surface area (Å²) in [5.41, 5.74) is 1.78. The third-order valence-electron chi connectivity index (χ3n) is 5.33. The number of thioether (sulfide) groups is 1. The van der Waals surface area contributed by atoms with Gasteiger partial charge >= 0.3 is 11.9 Å². The lowest BCUT2D eigenvalue weighted by Gasteiger charge is -2.39. The second-order valence-electron chi connectivity index (χ2n) is 8.34. The molecule has 1 aliphatic heterocycles. The van der Waals surface area contributed by atoms with Crippen molar-refractivity contribution in [2.24, 2.45) is 0 Å². The maximum atomic E-state index is 13.4. The number of nitrogens with zero attached hydrogens (tertiary/aromatic N) is 2. The molecule has 0 saturated carbocycles. The van der Waals surface area contributed by atoms with Gasteiger partial charge in [-0.1, -0.05) is 12.1 Å². The molecule has 0 bridgehead atoms. The van der Waals surface area contributed by atoms with E-state index in [2.05, 4.69) is 11.0 Å². The van der Waals surface area contributed by atoms with Crippen LogP contribution in [0.3, 0.4) is 0 Å². The number of likely N-dealkylation sites (N-methyl/N-ethyl adjacent to an activating group) is 1. The number of fused-ring (bicyclic) bond motifs is 1. The Hall–Kier alpha value is -3.50.